The number of halogens is 1. The first kappa shape index (κ1) is 8.59. The minimum absolute atomic E-state index is 0.259. The lowest BCUT2D eigenvalue weighted by molar-refractivity contribution is 0.628. The zero-order valence-corrected chi connectivity index (χ0v) is 8.07. The van der Waals surface area contributed by atoms with Gasteiger partial charge in [0.15, 0.2) is 5.82 Å². The third-order valence-corrected chi connectivity index (χ3v) is 2.55. The van der Waals surface area contributed by atoms with Crippen molar-refractivity contribution >= 4 is 0 Å². The summed E-state index contributed by atoms with van der Waals surface area (Å²) in [7, 11) is 0. The molecule has 0 aliphatic heterocycles. The Morgan fingerprint density at radius 2 is 2.20 bits per heavy atom. The van der Waals surface area contributed by atoms with Crippen LogP contribution in [0.15, 0.2) is 24.3 Å². The minimum Gasteiger partial charge on any atom is -0.262 e. The van der Waals surface area contributed by atoms with E-state index in [4.69, 9.17) is 0 Å². The van der Waals surface area contributed by atoms with E-state index < -0.39 is 0 Å². The van der Waals surface area contributed by atoms with Crippen LogP contribution in [0.25, 0.3) is 11.4 Å². The van der Waals surface area contributed by atoms with E-state index in [9.17, 15) is 4.39 Å². The van der Waals surface area contributed by atoms with Gasteiger partial charge in [-0.05, 0) is 25.0 Å². The Morgan fingerprint density at radius 1 is 1.33 bits per heavy atom. The molecule has 1 aliphatic rings. The summed E-state index contributed by atoms with van der Waals surface area (Å²) in [6.07, 6.45) is 2.36. The second-order valence-electron chi connectivity index (χ2n) is 3.83. The summed E-state index contributed by atoms with van der Waals surface area (Å²) in [5.74, 6) is 1.79. The maximum absolute atomic E-state index is 13.0. The van der Waals surface area contributed by atoms with Crippen LogP contribution in [0.1, 0.15) is 24.6 Å². The molecule has 0 amide bonds. The Morgan fingerprint density at radius 3 is 2.93 bits per heavy atom. The molecule has 1 saturated carbocycles. The maximum atomic E-state index is 13.0. The van der Waals surface area contributed by atoms with Crippen molar-refractivity contribution < 1.29 is 4.39 Å². The molecule has 1 aromatic heterocycles. The van der Waals surface area contributed by atoms with Crippen LogP contribution in [0.4, 0.5) is 4.39 Å². The Labute approximate surface area is 86.4 Å². The van der Waals surface area contributed by atoms with Gasteiger partial charge in [-0.3, -0.25) is 5.10 Å². The molecule has 1 fully saturated rings. The van der Waals surface area contributed by atoms with Crippen LogP contribution in [0.3, 0.4) is 0 Å². The average molecular weight is 203 g/mol. The molecule has 3 nitrogen and oxygen atoms in total. The van der Waals surface area contributed by atoms with Crippen molar-refractivity contribution in [1.29, 1.82) is 0 Å². The number of aromatic nitrogens is 3. The van der Waals surface area contributed by atoms with E-state index in [1.54, 1.807) is 6.07 Å². The average Bonchev–Trinajstić information content (AvgIpc) is 2.97. The highest BCUT2D eigenvalue weighted by molar-refractivity contribution is 5.54. The molecule has 76 valence electrons. The van der Waals surface area contributed by atoms with Gasteiger partial charge < -0.3 is 0 Å². The minimum atomic E-state index is -0.259. The Balaban J connectivity index is 1.97. The summed E-state index contributed by atoms with van der Waals surface area (Å²) in [6.45, 7) is 0. The van der Waals surface area contributed by atoms with Crippen molar-refractivity contribution in [3.63, 3.8) is 0 Å². The third-order valence-electron chi connectivity index (χ3n) is 2.55. The highest BCUT2D eigenvalue weighted by Crippen LogP contribution is 2.38. The molecule has 0 spiro atoms. The van der Waals surface area contributed by atoms with Crippen molar-refractivity contribution in [2.75, 3.05) is 0 Å². The summed E-state index contributed by atoms with van der Waals surface area (Å²) in [4.78, 5) is 4.35. The summed E-state index contributed by atoms with van der Waals surface area (Å²) in [6, 6.07) is 6.33. The Hall–Kier alpha value is -1.71. The number of aromatic amines is 1. The molecule has 0 atom stereocenters. The number of rotatable bonds is 2. The molecule has 2 aromatic rings. The van der Waals surface area contributed by atoms with E-state index in [-0.39, 0.29) is 5.82 Å². The zero-order valence-electron chi connectivity index (χ0n) is 8.07. The van der Waals surface area contributed by atoms with Crippen LogP contribution < -0.4 is 0 Å². The van der Waals surface area contributed by atoms with Crippen molar-refractivity contribution in [2.45, 2.75) is 18.8 Å². The lowest BCUT2D eigenvalue weighted by atomic mass is 10.2. The monoisotopic (exact) mass is 203 g/mol. The molecule has 0 radical (unpaired) electrons. The molecule has 1 aromatic carbocycles. The fourth-order valence-electron chi connectivity index (χ4n) is 1.57. The van der Waals surface area contributed by atoms with Crippen LogP contribution in [-0.2, 0) is 0 Å². The molecule has 1 heterocycles. The number of nitrogens with one attached hydrogen (secondary N) is 1. The maximum Gasteiger partial charge on any atom is 0.181 e. The Kier molecular flexibility index (Phi) is 1.80. The topological polar surface area (TPSA) is 41.6 Å². The number of hydrogen-bond acceptors (Lipinski definition) is 2. The van der Waals surface area contributed by atoms with Crippen LogP contribution in [0.5, 0.6) is 0 Å². The van der Waals surface area contributed by atoms with Crippen LogP contribution in [-0.4, -0.2) is 15.2 Å². The molecule has 0 bridgehead atoms. The highest BCUT2D eigenvalue weighted by atomic mass is 19.1. The quantitative estimate of drug-likeness (QED) is 0.814. The van der Waals surface area contributed by atoms with Crippen LogP contribution in [0.2, 0.25) is 0 Å². The number of nitrogens with zero attached hydrogens (tertiary/aromatic N) is 2. The number of hydrogen-bond donors (Lipinski definition) is 1. The molecule has 0 saturated heterocycles. The summed E-state index contributed by atoms with van der Waals surface area (Å²) < 4.78 is 13.0. The summed E-state index contributed by atoms with van der Waals surface area (Å²) >= 11 is 0. The van der Waals surface area contributed by atoms with Gasteiger partial charge in [0.25, 0.3) is 0 Å². The van der Waals surface area contributed by atoms with Crippen molar-refractivity contribution in [1.82, 2.24) is 15.2 Å². The first-order valence-corrected chi connectivity index (χ1v) is 5.01. The second kappa shape index (κ2) is 3.15. The van der Waals surface area contributed by atoms with E-state index in [1.807, 2.05) is 6.07 Å². The van der Waals surface area contributed by atoms with E-state index in [2.05, 4.69) is 15.2 Å². The fraction of sp³-hybridized carbons (Fsp3) is 0.273. The highest BCUT2D eigenvalue weighted by Gasteiger charge is 2.27. The predicted molar refractivity (Wildman–Crippen MR) is 53.8 cm³/mol. The van der Waals surface area contributed by atoms with Gasteiger partial charge in [0, 0.05) is 11.5 Å². The molecular formula is C11H10FN3. The van der Waals surface area contributed by atoms with Crippen molar-refractivity contribution in [3.05, 3.63) is 35.9 Å². The number of benzene rings is 1. The molecule has 15 heavy (non-hydrogen) atoms. The normalized spacial score (nSPS) is 15.5. The van der Waals surface area contributed by atoms with Gasteiger partial charge >= 0.3 is 0 Å². The molecule has 1 aliphatic carbocycles. The standard InChI is InChI=1S/C11H10FN3/c12-9-3-1-2-8(6-9)11-13-10(14-15-11)7-4-5-7/h1-3,6-7H,4-5H2,(H,13,14,15). The lowest BCUT2D eigenvalue weighted by Gasteiger charge is -1.93. The smallest absolute Gasteiger partial charge is 0.181 e. The van der Waals surface area contributed by atoms with E-state index in [1.165, 1.54) is 25.0 Å². The van der Waals surface area contributed by atoms with Gasteiger partial charge in [-0.1, -0.05) is 12.1 Å². The van der Waals surface area contributed by atoms with E-state index >= 15 is 0 Å². The van der Waals surface area contributed by atoms with Gasteiger partial charge in [0.2, 0.25) is 0 Å². The summed E-state index contributed by atoms with van der Waals surface area (Å²) in [5.41, 5.74) is 0.721. The van der Waals surface area contributed by atoms with Crippen LogP contribution >= 0.6 is 0 Å². The van der Waals surface area contributed by atoms with Gasteiger partial charge in [0.1, 0.15) is 11.6 Å². The zero-order chi connectivity index (χ0) is 10.3. The van der Waals surface area contributed by atoms with Gasteiger partial charge in [-0.15, -0.1) is 0 Å². The number of H-pyrrole nitrogens is 1. The SMILES string of the molecule is Fc1cccc(-c2n[nH]c(C3CC3)n2)c1. The molecule has 1 N–H and O–H groups in total. The first-order valence-electron chi connectivity index (χ1n) is 5.01. The second-order valence-corrected chi connectivity index (χ2v) is 3.83. The van der Waals surface area contributed by atoms with Crippen molar-refractivity contribution in [2.24, 2.45) is 0 Å². The van der Waals surface area contributed by atoms with E-state index in [0.717, 1.165) is 11.4 Å². The molecule has 4 heteroatoms. The van der Waals surface area contributed by atoms with Crippen molar-refractivity contribution in [3.8, 4) is 11.4 Å². The first-order chi connectivity index (χ1) is 7.33. The molecule has 3 rings (SSSR count). The van der Waals surface area contributed by atoms with Crippen LogP contribution in [0, 0.1) is 5.82 Å². The van der Waals surface area contributed by atoms with Gasteiger partial charge in [0.05, 0.1) is 0 Å². The van der Waals surface area contributed by atoms with Gasteiger partial charge in [-0.25, -0.2) is 9.37 Å². The molecular weight excluding hydrogens is 193 g/mol. The Bertz CT molecular complexity index is 488. The summed E-state index contributed by atoms with van der Waals surface area (Å²) in [5, 5.41) is 6.99. The van der Waals surface area contributed by atoms with Gasteiger partial charge in [-0.2, -0.15) is 5.10 Å². The predicted octanol–water partition coefficient (Wildman–Crippen LogP) is 2.49. The third kappa shape index (κ3) is 1.63. The fourth-order valence-corrected chi connectivity index (χ4v) is 1.57. The largest absolute Gasteiger partial charge is 0.262 e. The van der Waals surface area contributed by atoms with E-state index in [0.29, 0.717) is 11.7 Å². The molecule has 0 unspecified atom stereocenters. The lowest BCUT2D eigenvalue weighted by Crippen LogP contribution is -1.83.